The Hall–Kier alpha value is -2.13. The third-order valence-corrected chi connectivity index (χ3v) is 5.42. The van der Waals surface area contributed by atoms with E-state index in [4.69, 9.17) is 0 Å². The summed E-state index contributed by atoms with van der Waals surface area (Å²) in [6.45, 7) is 0.413. The first-order chi connectivity index (χ1) is 12.3. The second kappa shape index (κ2) is 7.63. The number of hydrogen-bond acceptors (Lipinski definition) is 5. The highest BCUT2D eigenvalue weighted by Crippen LogP contribution is 2.36. The fourth-order valence-electron chi connectivity index (χ4n) is 2.24. The zero-order valence-electron chi connectivity index (χ0n) is 13.6. The van der Waals surface area contributed by atoms with Crippen LogP contribution in [0.3, 0.4) is 0 Å². The molecular weight excluding hydrogens is 383 g/mol. The van der Waals surface area contributed by atoms with E-state index in [2.05, 4.69) is 9.97 Å². The van der Waals surface area contributed by atoms with Crippen LogP contribution in [0.2, 0.25) is 0 Å². The molecule has 0 radical (unpaired) electrons. The summed E-state index contributed by atoms with van der Waals surface area (Å²) in [5.41, 5.74) is 1.05. The van der Waals surface area contributed by atoms with Crippen molar-refractivity contribution in [1.29, 1.82) is 0 Å². The van der Waals surface area contributed by atoms with Gasteiger partial charge in [0.25, 0.3) is 0 Å². The fraction of sp³-hybridized carbons (Fsp3) is 0.235. The van der Waals surface area contributed by atoms with Crippen LogP contribution in [-0.4, -0.2) is 34.3 Å². The molecule has 2 aromatic heterocycles. The molecular formula is C17H14F3N3OS2. The van der Waals surface area contributed by atoms with Crippen LogP contribution < -0.4 is 5.32 Å². The molecule has 4 nitrogen and oxygen atoms in total. The molecule has 0 unspecified atom stereocenters. The Kier molecular flexibility index (Phi) is 5.47. The summed E-state index contributed by atoms with van der Waals surface area (Å²) in [4.78, 5) is 22.2. The molecule has 0 saturated heterocycles. The van der Waals surface area contributed by atoms with Gasteiger partial charge >= 0.3 is 6.18 Å². The zero-order chi connectivity index (χ0) is 18.7. The Labute approximate surface area is 155 Å². The van der Waals surface area contributed by atoms with Crippen LogP contribution in [0.25, 0.3) is 20.7 Å². The number of aryl methyl sites for hydroxylation is 1. The van der Waals surface area contributed by atoms with Gasteiger partial charge in [-0.15, -0.1) is 11.3 Å². The number of amides is 1. The third-order valence-electron chi connectivity index (χ3n) is 3.35. The van der Waals surface area contributed by atoms with Gasteiger partial charge in [-0.25, -0.2) is 9.97 Å². The Morgan fingerprint density at radius 1 is 1.23 bits per heavy atom. The number of aromatic nitrogens is 2. The van der Waals surface area contributed by atoms with Gasteiger partial charge in [0.15, 0.2) is 0 Å². The van der Waals surface area contributed by atoms with Crippen LogP contribution in [0.15, 0.2) is 41.4 Å². The standard InChI is InChI=1S/C17H14F3N3OS2/c1-10-22-15(25-8-14(24)21-9-17(18,19)20)12-7-13(26-16(12)23-10)11-5-3-2-4-6-11/h2-7H,8-9H2,1H3,(H,21,24). The highest BCUT2D eigenvalue weighted by atomic mass is 32.2. The normalized spacial score (nSPS) is 11.7. The number of thiophene rings is 1. The van der Waals surface area contributed by atoms with Gasteiger partial charge in [-0.05, 0) is 18.6 Å². The summed E-state index contributed by atoms with van der Waals surface area (Å²) in [5.74, 6) is -0.273. The average Bonchev–Trinajstić information content (AvgIpc) is 3.02. The third kappa shape index (κ3) is 4.73. The van der Waals surface area contributed by atoms with Crippen molar-refractivity contribution in [2.24, 2.45) is 0 Å². The van der Waals surface area contributed by atoms with Gasteiger partial charge < -0.3 is 5.32 Å². The van der Waals surface area contributed by atoms with E-state index >= 15 is 0 Å². The number of thioether (sulfide) groups is 1. The van der Waals surface area contributed by atoms with E-state index < -0.39 is 18.6 Å². The van der Waals surface area contributed by atoms with E-state index in [0.717, 1.165) is 32.4 Å². The van der Waals surface area contributed by atoms with Crippen LogP contribution in [0, 0.1) is 6.92 Å². The van der Waals surface area contributed by atoms with Gasteiger partial charge in [0.1, 0.15) is 22.2 Å². The minimum absolute atomic E-state index is 0.141. The molecule has 0 aliphatic rings. The summed E-state index contributed by atoms with van der Waals surface area (Å²) in [6, 6.07) is 11.7. The molecule has 136 valence electrons. The molecule has 3 aromatic rings. The van der Waals surface area contributed by atoms with Gasteiger partial charge in [-0.2, -0.15) is 13.2 Å². The summed E-state index contributed by atoms with van der Waals surface area (Å²) < 4.78 is 36.5. The van der Waals surface area contributed by atoms with E-state index in [1.54, 1.807) is 6.92 Å². The Bertz CT molecular complexity index is 926. The number of halogens is 3. The van der Waals surface area contributed by atoms with E-state index in [1.165, 1.54) is 11.3 Å². The molecule has 2 heterocycles. The van der Waals surface area contributed by atoms with Crippen molar-refractivity contribution in [3.05, 3.63) is 42.2 Å². The molecule has 1 amide bonds. The molecule has 0 aliphatic heterocycles. The lowest BCUT2D eigenvalue weighted by Gasteiger charge is -2.08. The quantitative estimate of drug-likeness (QED) is 0.511. The number of alkyl halides is 3. The lowest BCUT2D eigenvalue weighted by Crippen LogP contribution is -2.34. The van der Waals surface area contributed by atoms with Crippen molar-refractivity contribution in [1.82, 2.24) is 15.3 Å². The summed E-state index contributed by atoms with van der Waals surface area (Å²) in [6.07, 6.45) is -4.42. The second-order valence-corrected chi connectivity index (χ2v) is 7.45. The molecule has 0 aliphatic carbocycles. The van der Waals surface area contributed by atoms with Crippen LogP contribution >= 0.6 is 23.1 Å². The van der Waals surface area contributed by atoms with E-state index in [0.29, 0.717) is 10.9 Å². The Balaban J connectivity index is 1.80. The molecule has 1 aromatic carbocycles. The first-order valence-corrected chi connectivity index (χ1v) is 9.42. The number of fused-ring (bicyclic) bond motifs is 1. The highest BCUT2D eigenvalue weighted by Gasteiger charge is 2.27. The number of hydrogen-bond donors (Lipinski definition) is 1. The molecule has 3 rings (SSSR count). The monoisotopic (exact) mass is 397 g/mol. The van der Waals surface area contributed by atoms with Crippen LogP contribution in [0.1, 0.15) is 5.82 Å². The SMILES string of the molecule is Cc1nc(SCC(=O)NCC(F)(F)F)c2cc(-c3ccccc3)sc2n1. The average molecular weight is 397 g/mol. The van der Waals surface area contributed by atoms with Gasteiger partial charge in [0, 0.05) is 10.3 Å². The number of carbonyl (C=O) groups excluding carboxylic acids is 1. The van der Waals surface area contributed by atoms with Gasteiger partial charge in [-0.1, -0.05) is 42.1 Å². The lowest BCUT2D eigenvalue weighted by atomic mass is 10.2. The molecule has 0 spiro atoms. The van der Waals surface area contributed by atoms with Crippen molar-refractivity contribution in [3.63, 3.8) is 0 Å². The van der Waals surface area contributed by atoms with Gasteiger partial charge in [0.05, 0.1) is 5.75 Å². The van der Waals surface area contributed by atoms with Crippen LogP contribution in [0.5, 0.6) is 0 Å². The minimum Gasteiger partial charge on any atom is -0.346 e. The van der Waals surface area contributed by atoms with E-state index in [1.807, 2.05) is 41.7 Å². The van der Waals surface area contributed by atoms with Gasteiger partial charge in [-0.3, -0.25) is 4.79 Å². The Morgan fingerprint density at radius 2 is 1.96 bits per heavy atom. The number of carbonyl (C=O) groups is 1. The lowest BCUT2D eigenvalue weighted by molar-refractivity contribution is -0.136. The smallest absolute Gasteiger partial charge is 0.346 e. The topological polar surface area (TPSA) is 54.9 Å². The molecule has 0 atom stereocenters. The molecule has 0 bridgehead atoms. The fourth-order valence-corrected chi connectivity index (χ4v) is 4.26. The first kappa shape index (κ1) is 18.7. The van der Waals surface area contributed by atoms with Crippen LogP contribution in [-0.2, 0) is 4.79 Å². The number of rotatable bonds is 5. The summed E-state index contributed by atoms with van der Waals surface area (Å²) in [5, 5.41) is 3.25. The number of benzene rings is 1. The maximum absolute atomic E-state index is 12.2. The Morgan fingerprint density at radius 3 is 2.65 bits per heavy atom. The van der Waals surface area contributed by atoms with Crippen LogP contribution in [0.4, 0.5) is 13.2 Å². The molecule has 0 saturated carbocycles. The van der Waals surface area contributed by atoms with Crippen molar-refractivity contribution >= 4 is 39.2 Å². The van der Waals surface area contributed by atoms with Gasteiger partial charge in [0.2, 0.25) is 5.91 Å². The summed E-state index contributed by atoms with van der Waals surface area (Å²) in [7, 11) is 0. The molecule has 0 fully saturated rings. The molecule has 26 heavy (non-hydrogen) atoms. The summed E-state index contributed by atoms with van der Waals surface area (Å²) >= 11 is 2.62. The predicted molar refractivity (Wildman–Crippen MR) is 97.4 cm³/mol. The number of nitrogens with one attached hydrogen (secondary N) is 1. The zero-order valence-corrected chi connectivity index (χ0v) is 15.3. The minimum atomic E-state index is -4.42. The predicted octanol–water partition coefficient (Wildman–Crippen LogP) is 4.44. The maximum Gasteiger partial charge on any atom is 0.405 e. The largest absolute Gasteiger partial charge is 0.405 e. The second-order valence-electron chi connectivity index (χ2n) is 5.45. The van der Waals surface area contributed by atoms with Crippen molar-refractivity contribution in [3.8, 4) is 10.4 Å². The van der Waals surface area contributed by atoms with E-state index in [-0.39, 0.29) is 5.75 Å². The van der Waals surface area contributed by atoms with Crippen molar-refractivity contribution in [2.45, 2.75) is 18.1 Å². The molecule has 9 heteroatoms. The van der Waals surface area contributed by atoms with Crippen molar-refractivity contribution < 1.29 is 18.0 Å². The maximum atomic E-state index is 12.2. The first-order valence-electron chi connectivity index (χ1n) is 7.62. The number of nitrogens with zero attached hydrogens (tertiary/aromatic N) is 2. The van der Waals surface area contributed by atoms with Crippen molar-refractivity contribution in [2.75, 3.05) is 12.3 Å². The highest BCUT2D eigenvalue weighted by molar-refractivity contribution is 8.00. The molecule has 1 N–H and O–H groups in total. The van der Waals surface area contributed by atoms with E-state index in [9.17, 15) is 18.0 Å².